The molecule has 9 nitrogen and oxygen atoms in total. The van der Waals surface area contributed by atoms with Crippen molar-refractivity contribution in [2.75, 3.05) is 50.7 Å². The van der Waals surface area contributed by atoms with Crippen LogP contribution in [0.4, 0.5) is 11.4 Å². The summed E-state index contributed by atoms with van der Waals surface area (Å²) in [7, 11) is 1.54. The van der Waals surface area contributed by atoms with E-state index in [0.717, 1.165) is 44.1 Å². The van der Waals surface area contributed by atoms with Crippen LogP contribution >= 0.6 is 0 Å². The first-order valence-corrected chi connectivity index (χ1v) is 15.0. The molecule has 2 N–H and O–H groups in total. The van der Waals surface area contributed by atoms with Gasteiger partial charge in [-0.25, -0.2) is 4.79 Å². The molecule has 0 spiro atoms. The normalized spacial score (nSPS) is 21.6. The lowest BCUT2D eigenvalue weighted by Crippen LogP contribution is -2.42. The van der Waals surface area contributed by atoms with Crippen molar-refractivity contribution in [3.8, 4) is 5.75 Å². The van der Waals surface area contributed by atoms with E-state index < -0.39 is 29.6 Å². The molecule has 3 heterocycles. The maximum atomic E-state index is 13.9. The highest BCUT2D eigenvalue weighted by molar-refractivity contribution is 6.12. The predicted octanol–water partition coefficient (Wildman–Crippen LogP) is 4.89. The van der Waals surface area contributed by atoms with Gasteiger partial charge in [0.25, 0.3) is 5.91 Å². The van der Waals surface area contributed by atoms with Crippen molar-refractivity contribution >= 4 is 23.3 Å². The van der Waals surface area contributed by atoms with Gasteiger partial charge in [0.2, 0.25) is 0 Å². The van der Waals surface area contributed by atoms with Gasteiger partial charge in [0.15, 0.2) is 0 Å². The van der Waals surface area contributed by atoms with Gasteiger partial charge in [0.05, 0.1) is 49.8 Å². The highest BCUT2D eigenvalue weighted by Crippen LogP contribution is 2.51. The number of morpholine rings is 1. The van der Waals surface area contributed by atoms with Crippen molar-refractivity contribution in [3.63, 3.8) is 0 Å². The third-order valence-corrected chi connectivity index (χ3v) is 8.20. The molecule has 3 unspecified atom stereocenters. The van der Waals surface area contributed by atoms with E-state index in [9.17, 15) is 9.59 Å². The Morgan fingerprint density at radius 2 is 1.73 bits per heavy atom. The maximum absolute atomic E-state index is 13.9. The Kier molecular flexibility index (Phi) is 8.79. The minimum atomic E-state index is -1.30. The summed E-state index contributed by atoms with van der Waals surface area (Å²) in [6.45, 7) is 6.00. The summed E-state index contributed by atoms with van der Waals surface area (Å²) in [6.07, 6.45) is 2.99. The van der Waals surface area contributed by atoms with Gasteiger partial charge >= 0.3 is 5.97 Å². The number of methoxy groups -OCH3 is 1. The SMILES string of the molecule is CCOC(=O)C1=C(C(=O)Nc2ccccc2OC)C2C=CC1(C(Nc1ccccc1)c1ccc(CN3CCOCC3)cc1)O2. The van der Waals surface area contributed by atoms with Crippen LogP contribution in [0.5, 0.6) is 5.75 Å². The van der Waals surface area contributed by atoms with Crippen LogP contribution in [0.1, 0.15) is 24.1 Å². The number of nitrogens with zero attached hydrogens (tertiary/aromatic N) is 1. The van der Waals surface area contributed by atoms with E-state index in [2.05, 4.69) is 39.8 Å². The van der Waals surface area contributed by atoms with E-state index in [4.69, 9.17) is 18.9 Å². The van der Waals surface area contributed by atoms with E-state index >= 15 is 0 Å². The zero-order chi connectivity index (χ0) is 30.5. The number of ether oxygens (including phenoxy) is 4. The minimum Gasteiger partial charge on any atom is -0.495 e. The van der Waals surface area contributed by atoms with E-state index in [1.54, 1.807) is 32.2 Å². The number of carbonyl (C=O) groups excluding carboxylic acids is 2. The average molecular weight is 596 g/mol. The van der Waals surface area contributed by atoms with E-state index in [-0.39, 0.29) is 17.8 Å². The third kappa shape index (κ3) is 5.86. The summed E-state index contributed by atoms with van der Waals surface area (Å²) in [6, 6.07) is 24.7. The fourth-order valence-electron chi connectivity index (χ4n) is 6.10. The molecule has 1 saturated heterocycles. The van der Waals surface area contributed by atoms with E-state index in [0.29, 0.717) is 11.4 Å². The van der Waals surface area contributed by atoms with Crippen molar-refractivity contribution in [1.29, 1.82) is 0 Å². The molecule has 2 bridgehead atoms. The second kappa shape index (κ2) is 13.1. The lowest BCUT2D eigenvalue weighted by atomic mass is 9.78. The van der Waals surface area contributed by atoms with Crippen LogP contribution in [0.2, 0.25) is 0 Å². The molecule has 3 aliphatic heterocycles. The van der Waals surface area contributed by atoms with Gasteiger partial charge < -0.3 is 29.6 Å². The van der Waals surface area contributed by atoms with Crippen molar-refractivity contribution in [3.05, 3.63) is 113 Å². The molecule has 44 heavy (non-hydrogen) atoms. The number of benzene rings is 3. The smallest absolute Gasteiger partial charge is 0.337 e. The van der Waals surface area contributed by atoms with Crippen LogP contribution in [-0.4, -0.2) is 68.5 Å². The molecule has 0 aliphatic carbocycles. The van der Waals surface area contributed by atoms with E-state index in [1.165, 1.54) is 5.56 Å². The zero-order valence-corrected chi connectivity index (χ0v) is 25.0. The standard InChI is InChI=1S/C35H37N3O6/c1-3-43-34(40)31-30(33(39)37-27-11-7-8-12-28(27)41-2)29-17-18-35(31,44-29)32(36-26-9-5-4-6-10-26)25-15-13-24(14-16-25)23-38-19-21-42-22-20-38/h4-18,29,32,36H,3,19-23H2,1-2H3,(H,37,39). The zero-order valence-electron chi connectivity index (χ0n) is 25.0. The average Bonchev–Trinajstić information content (AvgIpc) is 3.64. The second-order valence-corrected chi connectivity index (χ2v) is 10.9. The summed E-state index contributed by atoms with van der Waals surface area (Å²) < 4.78 is 23.1. The summed E-state index contributed by atoms with van der Waals surface area (Å²) in [5.74, 6) is -0.532. The number of carbonyl (C=O) groups is 2. The minimum absolute atomic E-state index is 0.154. The number of esters is 1. The summed E-state index contributed by atoms with van der Waals surface area (Å²) in [5.41, 5.74) is 2.53. The topological polar surface area (TPSA) is 98.4 Å². The molecule has 9 heteroatoms. The molecule has 3 atom stereocenters. The Morgan fingerprint density at radius 3 is 2.45 bits per heavy atom. The van der Waals surface area contributed by atoms with Gasteiger partial charge in [-0.3, -0.25) is 9.69 Å². The van der Waals surface area contributed by atoms with E-state index in [1.807, 2.05) is 48.6 Å². The number of amides is 1. The molecule has 0 aromatic heterocycles. The first kappa shape index (κ1) is 29.6. The maximum Gasteiger partial charge on any atom is 0.337 e. The van der Waals surface area contributed by atoms with Gasteiger partial charge in [0.1, 0.15) is 17.5 Å². The van der Waals surface area contributed by atoms with Crippen LogP contribution in [0, 0.1) is 0 Å². The Bertz CT molecular complexity index is 1550. The fraction of sp³-hybridized carbons (Fsp3) is 0.314. The van der Waals surface area contributed by atoms with Crippen LogP contribution in [0.3, 0.4) is 0 Å². The van der Waals surface area contributed by atoms with Gasteiger partial charge in [-0.15, -0.1) is 0 Å². The van der Waals surface area contributed by atoms with Gasteiger partial charge in [0, 0.05) is 25.3 Å². The van der Waals surface area contributed by atoms with Crippen molar-refractivity contribution in [1.82, 2.24) is 4.90 Å². The molecule has 3 aromatic carbocycles. The van der Waals surface area contributed by atoms with Gasteiger partial charge in [-0.05, 0) is 48.4 Å². The summed E-state index contributed by atoms with van der Waals surface area (Å²) in [4.78, 5) is 30.0. The lowest BCUT2D eigenvalue weighted by Gasteiger charge is -2.36. The Labute approximate surface area is 257 Å². The Hall–Kier alpha value is -4.44. The summed E-state index contributed by atoms with van der Waals surface area (Å²) >= 11 is 0. The molecule has 6 rings (SSSR count). The molecular formula is C35H37N3O6. The quantitative estimate of drug-likeness (QED) is 0.239. The fourth-order valence-corrected chi connectivity index (χ4v) is 6.10. The lowest BCUT2D eigenvalue weighted by molar-refractivity contribution is -0.140. The predicted molar refractivity (Wildman–Crippen MR) is 167 cm³/mol. The largest absolute Gasteiger partial charge is 0.495 e. The number of anilines is 2. The number of hydrogen-bond acceptors (Lipinski definition) is 8. The van der Waals surface area contributed by atoms with Crippen LogP contribution in [-0.2, 0) is 30.3 Å². The molecule has 3 aromatic rings. The molecule has 1 fully saturated rings. The molecular weight excluding hydrogens is 558 g/mol. The van der Waals surface area contributed by atoms with Crippen LogP contribution in [0.25, 0.3) is 0 Å². The Balaban J connectivity index is 1.40. The molecule has 228 valence electrons. The summed E-state index contributed by atoms with van der Waals surface area (Å²) in [5, 5.41) is 6.54. The molecule has 0 saturated carbocycles. The number of hydrogen-bond donors (Lipinski definition) is 2. The van der Waals surface area contributed by atoms with Crippen LogP contribution in [0.15, 0.2) is 102 Å². The number of nitrogens with one attached hydrogen (secondary N) is 2. The van der Waals surface area contributed by atoms with Gasteiger partial charge in [-0.2, -0.15) is 0 Å². The molecule has 3 aliphatic rings. The second-order valence-electron chi connectivity index (χ2n) is 10.9. The third-order valence-electron chi connectivity index (χ3n) is 8.20. The van der Waals surface area contributed by atoms with Crippen molar-refractivity contribution in [2.24, 2.45) is 0 Å². The van der Waals surface area contributed by atoms with Crippen molar-refractivity contribution < 1.29 is 28.5 Å². The number of fused-ring (bicyclic) bond motifs is 2. The number of rotatable bonds is 11. The van der Waals surface area contributed by atoms with Crippen molar-refractivity contribution in [2.45, 2.75) is 31.2 Å². The first-order valence-electron chi connectivity index (χ1n) is 15.0. The monoisotopic (exact) mass is 595 g/mol. The Morgan fingerprint density at radius 1 is 1.00 bits per heavy atom. The highest BCUT2D eigenvalue weighted by Gasteiger charge is 2.58. The molecule has 1 amide bonds. The number of para-hydroxylation sites is 3. The van der Waals surface area contributed by atoms with Gasteiger partial charge in [-0.1, -0.05) is 60.7 Å². The first-order chi connectivity index (χ1) is 21.5. The highest BCUT2D eigenvalue weighted by atomic mass is 16.5. The molecule has 0 radical (unpaired) electrons. The van der Waals surface area contributed by atoms with Crippen LogP contribution < -0.4 is 15.4 Å².